The molecular formula is C50H38N4. The molecule has 4 nitrogen and oxygen atoms in total. The fourth-order valence-corrected chi connectivity index (χ4v) is 8.78. The van der Waals surface area contributed by atoms with Crippen molar-refractivity contribution >= 4 is 0 Å². The molecule has 1 fully saturated rings. The molecule has 2 aliphatic rings. The average molecular weight is 695 g/mol. The molecule has 1 saturated carbocycles. The predicted octanol–water partition coefficient (Wildman–Crippen LogP) is 12.5. The monoisotopic (exact) mass is 694 g/mol. The van der Waals surface area contributed by atoms with E-state index in [-0.39, 0.29) is 5.41 Å². The second-order valence-corrected chi connectivity index (χ2v) is 14.6. The van der Waals surface area contributed by atoms with Gasteiger partial charge in [0.15, 0.2) is 17.5 Å². The van der Waals surface area contributed by atoms with E-state index in [0.29, 0.717) is 17.5 Å². The van der Waals surface area contributed by atoms with Crippen LogP contribution in [0.1, 0.15) is 43.2 Å². The maximum atomic E-state index is 5.19. The van der Waals surface area contributed by atoms with Gasteiger partial charge in [-0.3, -0.25) is 4.98 Å². The van der Waals surface area contributed by atoms with Crippen LogP contribution >= 0.6 is 0 Å². The molecule has 0 atom stereocenters. The van der Waals surface area contributed by atoms with Crippen molar-refractivity contribution in [1.82, 2.24) is 19.9 Å². The molecule has 0 radical (unpaired) electrons. The summed E-state index contributed by atoms with van der Waals surface area (Å²) >= 11 is 0. The highest BCUT2D eigenvalue weighted by atomic mass is 15.0. The second kappa shape index (κ2) is 13.5. The van der Waals surface area contributed by atoms with E-state index in [1.165, 1.54) is 58.2 Å². The van der Waals surface area contributed by atoms with Crippen molar-refractivity contribution in [2.24, 2.45) is 0 Å². The SMILES string of the molecule is c1ccc(-c2ccc(-c3nc(-c4ccccc4)nc(-c4ccccc4-c4ccc5c(c4)C4(CCCCC4)c4cc(-c6cccnc6)ccc4-5)n3)cc2)cc1. The van der Waals surface area contributed by atoms with Crippen LogP contribution in [0.15, 0.2) is 170 Å². The van der Waals surface area contributed by atoms with Gasteiger partial charge in [0.25, 0.3) is 0 Å². The molecule has 0 unspecified atom stereocenters. The molecule has 2 heterocycles. The van der Waals surface area contributed by atoms with Gasteiger partial charge in [0.05, 0.1) is 0 Å². The van der Waals surface area contributed by atoms with Crippen LogP contribution in [0.2, 0.25) is 0 Å². The fourth-order valence-electron chi connectivity index (χ4n) is 8.78. The van der Waals surface area contributed by atoms with E-state index in [0.717, 1.165) is 46.2 Å². The van der Waals surface area contributed by atoms with Crippen LogP contribution < -0.4 is 0 Å². The van der Waals surface area contributed by atoms with E-state index < -0.39 is 0 Å². The van der Waals surface area contributed by atoms with E-state index in [1.54, 1.807) is 0 Å². The Bertz CT molecular complexity index is 2610. The number of rotatable bonds is 6. The highest BCUT2D eigenvalue weighted by Crippen LogP contribution is 2.57. The topological polar surface area (TPSA) is 51.6 Å². The quantitative estimate of drug-likeness (QED) is 0.174. The third-order valence-electron chi connectivity index (χ3n) is 11.5. The van der Waals surface area contributed by atoms with Gasteiger partial charge in [0.1, 0.15) is 0 Å². The molecule has 8 aromatic rings. The Kier molecular flexibility index (Phi) is 8.02. The molecule has 0 aliphatic heterocycles. The Hall–Kier alpha value is -6.52. The number of pyridine rings is 1. The van der Waals surface area contributed by atoms with Gasteiger partial charge in [-0.25, -0.2) is 15.0 Å². The third kappa shape index (κ3) is 5.62. The van der Waals surface area contributed by atoms with Gasteiger partial charge >= 0.3 is 0 Å². The minimum Gasteiger partial charge on any atom is -0.264 e. The lowest BCUT2D eigenvalue weighted by atomic mass is 9.67. The number of hydrogen-bond donors (Lipinski definition) is 0. The van der Waals surface area contributed by atoms with Gasteiger partial charge < -0.3 is 0 Å². The fraction of sp³-hybridized carbons (Fsp3) is 0.120. The molecule has 4 heteroatoms. The Balaban J connectivity index is 1.09. The van der Waals surface area contributed by atoms with E-state index in [4.69, 9.17) is 15.0 Å². The molecule has 258 valence electrons. The summed E-state index contributed by atoms with van der Waals surface area (Å²) in [7, 11) is 0. The summed E-state index contributed by atoms with van der Waals surface area (Å²) in [4.78, 5) is 19.8. The van der Waals surface area contributed by atoms with E-state index in [9.17, 15) is 0 Å². The zero-order valence-electron chi connectivity index (χ0n) is 30.0. The normalized spacial score (nSPS) is 14.1. The molecule has 0 amide bonds. The summed E-state index contributed by atoms with van der Waals surface area (Å²) in [6.07, 6.45) is 9.90. The number of benzene rings is 6. The zero-order valence-corrected chi connectivity index (χ0v) is 30.0. The van der Waals surface area contributed by atoms with Gasteiger partial charge in [0, 0.05) is 34.5 Å². The Morgan fingerprint density at radius 3 is 1.52 bits per heavy atom. The van der Waals surface area contributed by atoms with Crippen molar-refractivity contribution in [2.45, 2.75) is 37.5 Å². The van der Waals surface area contributed by atoms with Crippen molar-refractivity contribution in [1.29, 1.82) is 0 Å². The van der Waals surface area contributed by atoms with E-state index in [2.05, 4.69) is 132 Å². The first-order valence-electron chi connectivity index (χ1n) is 19.0. The summed E-state index contributed by atoms with van der Waals surface area (Å²) in [6, 6.07) is 56.1. The molecule has 10 rings (SSSR count). The third-order valence-corrected chi connectivity index (χ3v) is 11.5. The maximum Gasteiger partial charge on any atom is 0.164 e. The van der Waals surface area contributed by atoms with Crippen LogP contribution in [0.3, 0.4) is 0 Å². The summed E-state index contributed by atoms with van der Waals surface area (Å²) in [5, 5.41) is 0. The van der Waals surface area contributed by atoms with Crippen molar-refractivity contribution < 1.29 is 0 Å². The molecule has 2 aromatic heterocycles. The molecule has 0 saturated heterocycles. The van der Waals surface area contributed by atoms with Crippen LogP contribution in [0.4, 0.5) is 0 Å². The molecular weight excluding hydrogens is 657 g/mol. The first-order valence-corrected chi connectivity index (χ1v) is 19.0. The van der Waals surface area contributed by atoms with Crippen LogP contribution in [0, 0.1) is 0 Å². The number of fused-ring (bicyclic) bond motifs is 5. The Morgan fingerprint density at radius 1 is 0.352 bits per heavy atom. The minimum atomic E-state index is -0.00117. The molecule has 0 bridgehead atoms. The highest BCUT2D eigenvalue weighted by Gasteiger charge is 2.44. The molecule has 54 heavy (non-hydrogen) atoms. The molecule has 1 spiro atoms. The average Bonchev–Trinajstić information content (AvgIpc) is 3.51. The van der Waals surface area contributed by atoms with Crippen LogP contribution in [0.25, 0.3) is 78.7 Å². The first-order chi connectivity index (χ1) is 26.7. The Labute approximate surface area is 316 Å². The van der Waals surface area contributed by atoms with Crippen LogP contribution in [-0.2, 0) is 5.41 Å². The summed E-state index contributed by atoms with van der Waals surface area (Å²) in [5.41, 5.74) is 15.6. The lowest BCUT2D eigenvalue weighted by molar-refractivity contribution is 0.353. The van der Waals surface area contributed by atoms with Crippen molar-refractivity contribution in [3.05, 3.63) is 181 Å². The molecule has 6 aromatic carbocycles. The second-order valence-electron chi connectivity index (χ2n) is 14.6. The van der Waals surface area contributed by atoms with Crippen molar-refractivity contribution in [3.63, 3.8) is 0 Å². The lowest BCUT2D eigenvalue weighted by Gasteiger charge is -2.36. The molecule has 2 aliphatic carbocycles. The van der Waals surface area contributed by atoms with Crippen molar-refractivity contribution in [2.75, 3.05) is 0 Å². The highest BCUT2D eigenvalue weighted by molar-refractivity contribution is 5.89. The van der Waals surface area contributed by atoms with Gasteiger partial charge in [-0.15, -0.1) is 0 Å². The summed E-state index contributed by atoms with van der Waals surface area (Å²) < 4.78 is 0. The summed E-state index contributed by atoms with van der Waals surface area (Å²) in [6.45, 7) is 0. The van der Waals surface area contributed by atoms with Gasteiger partial charge in [-0.05, 0) is 86.7 Å². The van der Waals surface area contributed by atoms with E-state index >= 15 is 0 Å². The maximum absolute atomic E-state index is 5.19. The standard InChI is InChI=1S/C50H38N4/c1-4-13-34(14-5-1)35-20-22-37(23-21-35)48-52-47(36-15-6-2-7-16-36)53-49(54-48)44-19-9-8-18-41(44)39-25-27-43-42-26-24-38(40-17-12-30-51-33-40)31-45(42)50(46(43)32-39)28-10-3-11-29-50/h1-2,4-9,12-27,30-33H,3,10-11,28-29H2. The number of aromatic nitrogens is 4. The number of nitrogens with zero attached hydrogens (tertiary/aromatic N) is 4. The van der Waals surface area contributed by atoms with Crippen LogP contribution in [-0.4, -0.2) is 19.9 Å². The molecule has 0 N–H and O–H groups in total. The van der Waals surface area contributed by atoms with E-state index in [1.807, 2.05) is 42.7 Å². The van der Waals surface area contributed by atoms with Gasteiger partial charge in [-0.1, -0.05) is 159 Å². The minimum absolute atomic E-state index is 0.00117. The lowest BCUT2D eigenvalue weighted by Crippen LogP contribution is -2.28. The van der Waals surface area contributed by atoms with Gasteiger partial charge in [0.2, 0.25) is 0 Å². The first kappa shape index (κ1) is 32.2. The largest absolute Gasteiger partial charge is 0.264 e. The van der Waals surface area contributed by atoms with Gasteiger partial charge in [-0.2, -0.15) is 0 Å². The van der Waals surface area contributed by atoms with Crippen molar-refractivity contribution in [3.8, 4) is 78.7 Å². The summed E-state index contributed by atoms with van der Waals surface area (Å²) in [5.74, 6) is 1.98. The smallest absolute Gasteiger partial charge is 0.164 e. The predicted molar refractivity (Wildman–Crippen MR) is 220 cm³/mol. The zero-order chi connectivity index (χ0) is 35.9. The number of hydrogen-bond acceptors (Lipinski definition) is 4. The van der Waals surface area contributed by atoms with Crippen LogP contribution in [0.5, 0.6) is 0 Å². The Morgan fingerprint density at radius 2 is 0.852 bits per heavy atom.